The van der Waals surface area contributed by atoms with Crippen molar-refractivity contribution < 1.29 is 9.59 Å². The van der Waals surface area contributed by atoms with Crippen LogP contribution in [0.15, 0.2) is 48.7 Å². The normalized spacial score (nSPS) is 11.5. The Bertz CT molecular complexity index is 716. The standard InChI is InChI=1S/C19H24N4O2/c1-4-16(24)22-17(14-9-6-5-7-10-14)19(25)21-13-15-11-8-12-20-18(15)23(2)3/h5-12,17H,4,13H2,1-3H3,(H,21,25)(H,22,24). The van der Waals surface area contributed by atoms with E-state index in [1.807, 2.05) is 61.5 Å². The summed E-state index contributed by atoms with van der Waals surface area (Å²) in [4.78, 5) is 30.7. The Labute approximate surface area is 148 Å². The molecule has 2 N–H and O–H groups in total. The molecule has 1 unspecified atom stereocenters. The molecule has 0 spiro atoms. The molecule has 0 radical (unpaired) electrons. The summed E-state index contributed by atoms with van der Waals surface area (Å²) in [5, 5.41) is 5.68. The maximum Gasteiger partial charge on any atom is 0.247 e. The lowest BCUT2D eigenvalue weighted by Crippen LogP contribution is -2.40. The van der Waals surface area contributed by atoms with Gasteiger partial charge in [-0.3, -0.25) is 9.59 Å². The minimum atomic E-state index is -0.715. The highest BCUT2D eigenvalue weighted by Gasteiger charge is 2.22. The lowest BCUT2D eigenvalue weighted by atomic mass is 10.1. The average Bonchev–Trinajstić information content (AvgIpc) is 2.64. The summed E-state index contributed by atoms with van der Waals surface area (Å²) >= 11 is 0. The molecule has 0 fully saturated rings. The van der Waals surface area contributed by atoms with Gasteiger partial charge in [0.15, 0.2) is 0 Å². The first kappa shape index (κ1) is 18.4. The number of benzene rings is 1. The summed E-state index contributed by atoms with van der Waals surface area (Å²) in [5.74, 6) is 0.387. The van der Waals surface area contributed by atoms with Crippen molar-refractivity contribution in [2.75, 3.05) is 19.0 Å². The van der Waals surface area contributed by atoms with Crippen molar-refractivity contribution in [3.05, 3.63) is 59.8 Å². The fourth-order valence-electron chi connectivity index (χ4n) is 2.46. The molecule has 1 atom stereocenters. The molecule has 0 aliphatic carbocycles. The highest BCUT2D eigenvalue weighted by Crippen LogP contribution is 2.16. The average molecular weight is 340 g/mol. The number of nitrogens with one attached hydrogen (secondary N) is 2. The van der Waals surface area contributed by atoms with Gasteiger partial charge in [0, 0.05) is 38.8 Å². The molecule has 25 heavy (non-hydrogen) atoms. The van der Waals surface area contributed by atoms with Crippen LogP contribution in [0.1, 0.15) is 30.5 Å². The molecule has 132 valence electrons. The Morgan fingerprint density at radius 1 is 1.12 bits per heavy atom. The number of aromatic nitrogens is 1. The highest BCUT2D eigenvalue weighted by atomic mass is 16.2. The van der Waals surface area contributed by atoms with Gasteiger partial charge >= 0.3 is 0 Å². The van der Waals surface area contributed by atoms with Gasteiger partial charge in [-0.25, -0.2) is 4.98 Å². The van der Waals surface area contributed by atoms with Crippen LogP contribution in [0.5, 0.6) is 0 Å². The van der Waals surface area contributed by atoms with E-state index in [-0.39, 0.29) is 11.8 Å². The number of amides is 2. The molecule has 6 heteroatoms. The molecule has 2 rings (SSSR count). The molecule has 1 heterocycles. The molecule has 0 bridgehead atoms. The van der Waals surface area contributed by atoms with E-state index >= 15 is 0 Å². The first-order valence-electron chi connectivity index (χ1n) is 8.26. The van der Waals surface area contributed by atoms with Gasteiger partial charge in [0.05, 0.1) is 0 Å². The second-order valence-corrected chi connectivity index (χ2v) is 5.86. The number of rotatable bonds is 7. The van der Waals surface area contributed by atoms with Crippen molar-refractivity contribution in [1.29, 1.82) is 0 Å². The summed E-state index contributed by atoms with van der Waals surface area (Å²) in [7, 11) is 3.81. The summed E-state index contributed by atoms with van der Waals surface area (Å²) < 4.78 is 0. The molecule has 1 aromatic heterocycles. The third-order valence-corrected chi connectivity index (χ3v) is 3.77. The van der Waals surface area contributed by atoms with E-state index in [1.54, 1.807) is 13.1 Å². The zero-order valence-corrected chi connectivity index (χ0v) is 14.8. The SMILES string of the molecule is CCC(=O)NC(C(=O)NCc1cccnc1N(C)C)c1ccccc1. The molecule has 1 aromatic carbocycles. The first-order chi connectivity index (χ1) is 12.0. The Balaban J connectivity index is 2.14. The van der Waals surface area contributed by atoms with Crippen molar-refractivity contribution in [1.82, 2.24) is 15.6 Å². The molecule has 2 amide bonds. The second kappa shape index (κ2) is 8.82. The Morgan fingerprint density at radius 3 is 2.48 bits per heavy atom. The summed E-state index contributed by atoms with van der Waals surface area (Å²) in [6.07, 6.45) is 2.04. The summed E-state index contributed by atoms with van der Waals surface area (Å²) in [6.45, 7) is 2.10. The Morgan fingerprint density at radius 2 is 1.84 bits per heavy atom. The van der Waals surface area contributed by atoms with Crippen LogP contribution < -0.4 is 15.5 Å². The molecular weight excluding hydrogens is 316 g/mol. The fraction of sp³-hybridized carbons (Fsp3) is 0.316. The Kier molecular flexibility index (Phi) is 6.51. The van der Waals surface area contributed by atoms with Gasteiger partial charge in [-0.2, -0.15) is 0 Å². The van der Waals surface area contributed by atoms with Crippen molar-refractivity contribution in [3.63, 3.8) is 0 Å². The molecule has 0 aliphatic rings. The largest absolute Gasteiger partial charge is 0.362 e. The number of hydrogen-bond acceptors (Lipinski definition) is 4. The predicted octanol–water partition coefficient (Wildman–Crippen LogP) is 2.03. The predicted molar refractivity (Wildman–Crippen MR) is 98.0 cm³/mol. The first-order valence-corrected chi connectivity index (χ1v) is 8.26. The van der Waals surface area contributed by atoms with Crippen LogP contribution in [-0.4, -0.2) is 30.9 Å². The number of carbonyl (C=O) groups excluding carboxylic acids is 2. The van der Waals surface area contributed by atoms with Crippen LogP contribution in [0.2, 0.25) is 0 Å². The van der Waals surface area contributed by atoms with E-state index < -0.39 is 6.04 Å². The second-order valence-electron chi connectivity index (χ2n) is 5.86. The van der Waals surface area contributed by atoms with Crippen LogP contribution in [0.3, 0.4) is 0 Å². The third kappa shape index (κ3) is 5.04. The molecule has 0 saturated carbocycles. The van der Waals surface area contributed by atoms with Crippen LogP contribution in [0.25, 0.3) is 0 Å². The van der Waals surface area contributed by atoms with E-state index in [9.17, 15) is 9.59 Å². The van der Waals surface area contributed by atoms with Crippen LogP contribution in [0.4, 0.5) is 5.82 Å². The molecule has 0 aliphatic heterocycles. The minimum absolute atomic E-state index is 0.167. The molecule has 2 aromatic rings. The van der Waals surface area contributed by atoms with Gasteiger partial charge in [-0.05, 0) is 11.6 Å². The molecular formula is C19H24N4O2. The van der Waals surface area contributed by atoms with E-state index in [4.69, 9.17) is 0 Å². The van der Waals surface area contributed by atoms with Crippen molar-refractivity contribution in [2.24, 2.45) is 0 Å². The van der Waals surface area contributed by atoms with Crippen LogP contribution in [-0.2, 0) is 16.1 Å². The van der Waals surface area contributed by atoms with Crippen molar-refractivity contribution in [2.45, 2.75) is 25.9 Å². The number of pyridine rings is 1. The summed E-state index contributed by atoms with van der Waals surface area (Å²) in [5.41, 5.74) is 1.66. The van der Waals surface area contributed by atoms with E-state index in [2.05, 4.69) is 15.6 Å². The van der Waals surface area contributed by atoms with Gasteiger partial charge in [-0.15, -0.1) is 0 Å². The number of hydrogen-bond donors (Lipinski definition) is 2. The maximum atomic E-state index is 12.7. The molecule has 6 nitrogen and oxygen atoms in total. The van der Waals surface area contributed by atoms with Gasteiger partial charge in [0.2, 0.25) is 11.8 Å². The van der Waals surface area contributed by atoms with Gasteiger partial charge in [-0.1, -0.05) is 43.3 Å². The lowest BCUT2D eigenvalue weighted by Gasteiger charge is -2.20. The van der Waals surface area contributed by atoms with Gasteiger partial charge < -0.3 is 15.5 Å². The fourth-order valence-corrected chi connectivity index (χ4v) is 2.46. The molecule has 0 saturated heterocycles. The number of anilines is 1. The van der Waals surface area contributed by atoms with Gasteiger partial charge in [0.1, 0.15) is 11.9 Å². The smallest absolute Gasteiger partial charge is 0.247 e. The lowest BCUT2D eigenvalue weighted by molar-refractivity contribution is -0.129. The van der Waals surface area contributed by atoms with Crippen molar-refractivity contribution in [3.8, 4) is 0 Å². The number of nitrogens with zero attached hydrogens (tertiary/aromatic N) is 2. The van der Waals surface area contributed by atoms with E-state index in [0.29, 0.717) is 13.0 Å². The maximum absolute atomic E-state index is 12.7. The monoisotopic (exact) mass is 340 g/mol. The van der Waals surface area contributed by atoms with Gasteiger partial charge in [0.25, 0.3) is 0 Å². The Hall–Kier alpha value is -2.89. The van der Waals surface area contributed by atoms with Crippen molar-refractivity contribution >= 4 is 17.6 Å². The minimum Gasteiger partial charge on any atom is -0.362 e. The zero-order valence-electron chi connectivity index (χ0n) is 14.8. The topological polar surface area (TPSA) is 74.3 Å². The quantitative estimate of drug-likeness (QED) is 0.809. The van der Waals surface area contributed by atoms with Crippen LogP contribution >= 0.6 is 0 Å². The van der Waals surface area contributed by atoms with E-state index in [0.717, 1.165) is 16.9 Å². The third-order valence-electron chi connectivity index (χ3n) is 3.77. The van der Waals surface area contributed by atoms with Crippen LogP contribution in [0, 0.1) is 0 Å². The zero-order chi connectivity index (χ0) is 18.2. The van der Waals surface area contributed by atoms with E-state index in [1.165, 1.54) is 0 Å². The highest BCUT2D eigenvalue weighted by molar-refractivity contribution is 5.88. The number of carbonyl (C=O) groups is 2. The summed E-state index contributed by atoms with van der Waals surface area (Å²) in [6, 6.07) is 12.3.